The Morgan fingerprint density at radius 1 is 1.43 bits per heavy atom. The number of hydrogen-bond acceptors (Lipinski definition) is 6. The Morgan fingerprint density at radius 2 is 2.14 bits per heavy atom. The zero-order chi connectivity index (χ0) is 15.2. The molecule has 1 N–H and O–H groups in total. The number of aromatic nitrogens is 2. The average Bonchev–Trinajstić information content (AvgIpc) is 2.91. The van der Waals surface area contributed by atoms with E-state index >= 15 is 0 Å². The second kappa shape index (κ2) is 7.61. The van der Waals surface area contributed by atoms with E-state index in [0.29, 0.717) is 22.9 Å². The number of aryl methyl sites for hydroxylation is 1. The lowest BCUT2D eigenvalue weighted by molar-refractivity contribution is 0.0519. The fourth-order valence-corrected chi connectivity index (χ4v) is 3.46. The van der Waals surface area contributed by atoms with E-state index in [2.05, 4.69) is 14.9 Å². The summed E-state index contributed by atoms with van der Waals surface area (Å²) in [4.78, 5) is 32.4. The van der Waals surface area contributed by atoms with Crippen LogP contribution in [0.2, 0.25) is 0 Å². The molecule has 0 aromatic carbocycles. The monoisotopic (exact) mass is 311 g/mol. The van der Waals surface area contributed by atoms with Crippen molar-refractivity contribution in [3.63, 3.8) is 0 Å². The van der Waals surface area contributed by atoms with Crippen LogP contribution in [-0.4, -0.2) is 52.8 Å². The first-order valence-electron chi connectivity index (χ1n) is 7.25. The van der Waals surface area contributed by atoms with E-state index in [4.69, 9.17) is 4.74 Å². The number of nitrogens with one attached hydrogen (secondary N) is 1. The first-order valence-corrected chi connectivity index (χ1v) is 8.23. The predicted octanol–water partition coefficient (Wildman–Crippen LogP) is 1.44. The molecule has 1 aromatic heterocycles. The molecule has 1 aliphatic rings. The minimum atomic E-state index is -0.428. The number of carbonyl (C=O) groups is 1. The van der Waals surface area contributed by atoms with Crippen LogP contribution in [-0.2, 0) is 4.74 Å². The summed E-state index contributed by atoms with van der Waals surface area (Å²) in [7, 11) is 0. The minimum absolute atomic E-state index is 0.301. The number of H-pyrrole nitrogens is 1. The van der Waals surface area contributed by atoms with Crippen LogP contribution in [0.15, 0.2) is 9.82 Å². The van der Waals surface area contributed by atoms with Gasteiger partial charge in [0.15, 0.2) is 0 Å². The van der Waals surface area contributed by atoms with E-state index < -0.39 is 11.7 Å². The molecule has 7 heteroatoms. The van der Waals surface area contributed by atoms with Crippen molar-refractivity contribution in [2.24, 2.45) is 0 Å². The van der Waals surface area contributed by atoms with Crippen LogP contribution >= 0.6 is 11.8 Å². The summed E-state index contributed by atoms with van der Waals surface area (Å²) < 4.78 is 5.04. The molecule has 6 nitrogen and oxygen atoms in total. The molecule has 0 atom stereocenters. The second-order valence-corrected chi connectivity index (χ2v) is 6.05. The molecular weight excluding hydrogens is 290 g/mol. The Kier molecular flexibility index (Phi) is 5.81. The third-order valence-electron chi connectivity index (χ3n) is 3.41. The number of carbonyl (C=O) groups excluding carboxylic acids is 1. The Balaban J connectivity index is 2.08. The maximum absolute atomic E-state index is 12.0. The Bertz CT molecular complexity index is 553. The summed E-state index contributed by atoms with van der Waals surface area (Å²) >= 11 is 1.44. The van der Waals surface area contributed by atoms with Gasteiger partial charge in [-0.15, -0.1) is 11.8 Å². The van der Waals surface area contributed by atoms with Crippen LogP contribution < -0.4 is 5.69 Å². The SMILES string of the molecule is CCOC(=O)c1c(SCCN2CCCC2)nc(=O)[nH]c1C. The highest BCUT2D eigenvalue weighted by atomic mass is 32.2. The average molecular weight is 311 g/mol. The van der Waals surface area contributed by atoms with Crippen LogP contribution in [0.4, 0.5) is 0 Å². The maximum Gasteiger partial charge on any atom is 0.346 e. The molecule has 1 fully saturated rings. The van der Waals surface area contributed by atoms with E-state index in [1.54, 1.807) is 13.8 Å². The Hall–Kier alpha value is -1.34. The number of thioether (sulfide) groups is 1. The van der Waals surface area contributed by atoms with Gasteiger partial charge in [0, 0.05) is 18.0 Å². The fraction of sp³-hybridized carbons (Fsp3) is 0.643. The number of ether oxygens (including phenoxy) is 1. The summed E-state index contributed by atoms with van der Waals surface area (Å²) in [5, 5.41) is 0.467. The molecule has 116 valence electrons. The van der Waals surface area contributed by atoms with Crippen LogP contribution in [0, 0.1) is 6.92 Å². The maximum atomic E-state index is 12.0. The van der Waals surface area contributed by atoms with Crippen LogP contribution in [0.1, 0.15) is 35.8 Å². The van der Waals surface area contributed by atoms with Gasteiger partial charge >= 0.3 is 11.7 Å². The van der Waals surface area contributed by atoms with Crippen molar-refractivity contribution in [2.45, 2.75) is 31.7 Å². The van der Waals surface area contributed by atoms with E-state index in [0.717, 1.165) is 25.4 Å². The first-order chi connectivity index (χ1) is 10.1. The highest BCUT2D eigenvalue weighted by Gasteiger charge is 2.19. The van der Waals surface area contributed by atoms with E-state index in [1.807, 2.05) is 0 Å². The van der Waals surface area contributed by atoms with Crippen LogP contribution in [0.3, 0.4) is 0 Å². The van der Waals surface area contributed by atoms with E-state index in [9.17, 15) is 9.59 Å². The molecule has 0 amide bonds. The molecule has 0 bridgehead atoms. The molecule has 0 spiro atoms. The number of esters is 1. The van der Waals surface area contributed by atoms with Gasteiger partial charge < -0.3 is 14.6 Å². The smallest absolute Gasteiger partial charge is 0.346 e. The number of nitrogens with zero attached hydrogens (tertiary/aromatic N) is 2. The largest absolute Gasteiger partial charge is 0.462 e. The number of likely N-dealkylation sites (tertiary alicyclic amines) is 1. The molecule has 1 aliphatic heterocycles. The molecule has 1 aromatic rings. The van der Waals surface area contributed by atoms with Gasteiger partial charge in [-0.3, -0.25) is 0 Å². The van der Waals surface area contributed by atoms with Crippen molar-refractivity contribution in [1.29, 1.82) is 0 Å². The minimum Gasteiger partial charge on any atom is -0.462 e. The molecule has 1 saturated heterocycles. The Morgan fingerprint density at radius 3 is 2.81 bits per heavy atom. The third kappa shape index (κ3) is 4.31. The normalized spacial score (nSPS) is 15.3. The highest BCUT2D eigenvalue weighted by Crippen LogP contribution is 2.22. The standard InChI is InChI=1S/C14H21N3O3S/c1-3-20-13(18)11-10(2)15-14(19)16-12(11)21-9-8-17-6-4-5-7-17/h3-9H2,1-2H3,(H,15,16,19). The topological polar surface area (TPSA) is 75.3 Å². The van der Waals surface area contributed by atoms with Gasteiger partial charge in [-0.05, 0) is 39.8 Å². The first kappa shape index (κ1) is 16.0. The van der Waals surface area contributed by atoms with Crippen molar-refractivity contribution in [1.82, 2.24) is 14.9 Å². The van der Waals surface area contributed by atoms with E-state index in [1.165, 1.54) is 24.6 Å². The second-order valence-electron chi connectivity index (χ2n) is 4.96. The lowest BCUT2D eigenvalue weighted by Gasteiger charge is -2.14. The molecular formula is C14H21N3O3S. The summed E-state index contributed by atoms with van der Waals surface area (Å²) in [6.45, 7) is 6.96. The van der Waals surface area contributed by atoms with Gasteiger partial charge in [0.1, 0.15) is 10.6 Å². The zero-order valence-corrected chi connectivity index (χ0v) is 13.3. The van der Waals surface area contributed by atoms with Crippen LogP contribution in [0.25, 0.3) is 0 Å². The zero-order valence-electron chi connectivity index (χ0n) is 12.5. The van der Waals surface area contributed by atoms with Gasteiger partial charge in [0.25, 0.3) is 0 Å². The fourth-order valence-electron chi connectivity index (χ4n) is 2.39. The van der Waals surface area contributed by atoms with Crippen molar-refractivity contribution in [2.75, 3.05) is 32.0 Å². The number of hydrogen-bond donors (Lipinski definition) is 1. The summed E-state index contributed by atoms with van der Waals surface area (Å²) in [6, 6.07) is 0. The quantitative estimate of drug-likeness (QED) is 0.487. The summed E-state index contributed by atoms with van der Waals surface area (Å²) in [5.74, 6) is 0.380. The third-order valence-corrected chi connectivity index (χ3v) is 4.37. The summed E-state index contributed by atoms with van der Waals surface area (Å²) in [5.41, 5.74) is 0.462. The van der Waals surface area contributed by atoms with Gasteiger partial charge in [-0.1, -0.05) is 0 Å². The molecule has 0 unspecified atom stereocenters. The lowest BCUT2D eigenvalue weighted by atomic mass is 10.2. The van der Waals surface area contributed by atoms with Crippen LogP contribution in [0.5, 0.6) is 0 Å². The van der Waals surface area contributed by atoms with Crippen molar-refractivity contribution in [3.05, 3.63) is 21.7 Å². The van der Waals surface area contributed by atoms with Crippen molar-refractivity contribution < 1.29 is 9.53 Å². The van der Waals surface area contributed by atoms with Gasteiger partial charge in [-0.25, -0.2) is 9.59 Å². The molecule has 0 saturated carbocycles. The van der Waals surface area contributed by atoms with Crippen molar-refractivity contribution in [3.8, 4) is 0 Å². The number of aromatic amines is 1. The predicted molar refractivity (Wildman–Crippen MR) is 81.9 cm³/mol. The van der Waals surface area contributed by atoms with E-state index in [-0.39, 0.29) is 0 Å². The van der Waals surface area contributed by atoms with Crippen molar-refractivity contribution >= 4 is 17.7 Å². The number of rotatable bonds is 6. The van der Waals surface area contributed by atoms with Gasteiger partial charge in [-0.2, -0.15) is 4.98 Å². The highest BCUT2D eigenvalue weighted by molar-refractivity contribution is 7.99. The summed E-state index contributed by atoms with van der Waals surface area (Å²) in [6.07, 6.45) is 2.50. The lowest BCUT2D eigenvalue weighted by Crippen LogP contribution is -2.23. The molecule has 2 heterocycles. The molecule has 0 radical (unpaired) electrons. The molecule has 21 heavy (non-hydrogen) atoms. The van der Waals surface area contributed by atoms with Gasteiger partial charge in [0.2, 0.25) is 0 Å². The molecule has 0 aliphatic carbocycles. The Labute approximate surface area is 128 Å². The van der Waals surface area contributed by atoms with Gasteiger partial charge in [0.05, 0.1) is 6.61 Å². The molecule has 2 rings (SSSR count).